The van der Waals surface area contributed by atoms with E-state index in [1.165, 1.54) is 6.20 Å². The van der Waals surface area contributed by atoms with Crippen molar-refractivity contribution >= 4 is 40.6 Å². The number of aromatic nitrogens is 2. The number of fused-ring (bicyclic) bond motifs is 1. The third-order valence-corrected chi connectivity index (χ3v) is 6.59. The maximum Gasteiger partial charge on any atom is 0.256 e. The van der Waals surface area contributed by atoms with Crippen LogP contribution in [0, 0.1) is 0 Å². The molecule has 2 aliphatic rings. The van der Waals surface area contributed by atoms with Crippen molar-refractivity contribution in [1.29, 1.82) is 0 Å². The Balaban J connectivity index is 1.28. The molecule has 0 aliphatic carbocycles. The minimum Gasteiger partial charge on any atom is -0.494 e. The quantitative estimate of drug-likeness (QED) is 0.431. The first-order chi connectivity index (χ1) is 18.0. The Morgan fingerprint density at radius 2 is 1.97 bits per heavy atom. The van der Waals surface area contributed by atoms with Crippen molar-refractivity contribution in [2.75, 3.05) is 64.2 Å². The van der Waals surface area contributed by atoms with Gasteiger partial charge in [-0.05, 0) is 23.8 Å². The van der Waals surface area contributed by atoms with Crippen molar-refractivity contribution in [3.05, 3.63) is 58.7 Å². The first kappa shape index (κ1) is 25.1. The van der Waals surface area contributed by atoms with Crippen LogP contribution in [-0.4, -0.2) is 79.3 Å². The van der Waals surface area contributed by atoms with E-state index in [1.807, 2.05) is 36.4 Å². The molecular weight excluding hydrogens is 496 g/mol. The highest BCUT2D eigenvalue weighted by Crippen LogP contribution is 2.34. The normalized spacial score (nSPS) is 15.4. The fourth-order valence-corrected chi connectivity index (χ4v) is 4.49. The highest BCUT2D eigenvalue weighted by atomic mass is 35.5. The first-order valence-corrected chi connectivity index (χ1v) is 12.4. The van der Waals surface area contributed by atoms with E-state index in [0.29, 0.717) is 58.4 Å². The van der Waals surface area contributed by atoms with Gasteiger partial charge < -0.3 is 29.7 Å². The Morgan fingerprint density at radius 3 is 2.78 bits per heavy atom. The standard InChI is InChI=1S/C26H29ClN6O4/c1-32-16-17-4-3-5-21(23(17)25(32)34)29-24-19(27)15-28-26(31-24)30-20-7-6-18(14-22(20)35-2)37-13-10-33-8-11-36-12-9-33/h3-7,14-15H,8-13,16H2,1-2H3,(H2,28,29,30,31). The van der Waals surface area contributed by atoms with Crippen LogP contribution in [0.1, 0.15) is 15.9 Å². The van der Waals surface area contributed by atoms with E-state index in [-0.39, 0.29) is 5.91 Å². The maximum absolute atomic E-state index is 12.6. The number of ether oxygens (including phenoxy) is 3. The molecule has 10 nitrogen and oxygen atoms in total. The largest absolute Gasteiger partial charge is 0.494 e. The minimum absolute atomic E-state index is 0.0429. The van der Waals surface area contributed by atoms with E-state index in [0.717, 1.165) is 38.4 Å². The summed E-state index contributed by atoms with van der Waals surface area (Å²) in [7, 11) is 3.37. The van der Waals surface area contributed by atoms with Gasteiger partial charge in [-0.3, -0.25) is 9.69 Å². The highest BCUT2D eigenvalue weighted by Gasteiger charge is 2.27. The molecule has 1 fully saturated rings. The van der Waals surface area contributed by atoms with Gasteiger partial charge in [-0.15, -0.1) is 0 Å². The van der Waals surface area contributed by atoms with Crippen LogP contribution in [0.3, 0.4) is 0 Å². The van der Waals surface area contributed by atoms with Crippen LogP contribution >= 0.6 is 11.6 Å². The zero-order valence-electron chi connectivity index (χ0n) is 20.8. The molecule has 0 radical (unpaired) electrons. The van der Waals surface area contributed by atoms with Crippen molar-refractivity contribution in [1.82, 2.24) is 19.8 Å². The van der Waals surface area contributed by atoms with E-state index < -0.39 is 0 Å². The van der Waals surface area contributed by atoms with E-state index >= 15 is 0 Å². The van der Waals surface area contributed by atoms with Gasteiger partial charge in [-0.25, -0.2) is 4.98 Å². The van der Waals surface area contributed by atoms with E-state index in [1.54, 1.807) is 19.1 Å². The Morgan fingerprint density at radius 1 is 1.14 bits per heavy atom. The number of morpholine rings is 1. The lowest BCUT2D eigenvalue weighted by Gasteiger charge is -2.26. The predicted molar refractivity (Wildman–Crippen MR) is 142 cm³/mol. The third kappa shape index (κ3) is 5.71. The summed E-state index contributed by atoms with van der Waals surface area (Å²) in [6, 6.07) is 11.2. The molecule has 194 valence electrons. The number of nitrogens with one attached hydrogen (secondary N) is 2. The van der Waals surface area contributed by atoms with Crippen molar-refractivity contribution in [3.8, 4) is 11.5 Å². The molecule has 0 saturated carbocycles. The number of nitrogens with zero attached hydrogens (tertiary/aromatic N) is 4. The maximum atomic E-state index is 12.6. The Bertz CT molecular complexity index is 1280. The second-order valence-corrected chi connectivity index (χ2v) is 9.21. The molecule has 2 aromatic carbocycles. The summed E-state index contributed by atoms with van der Waals surface area (Å²) in [4.78, 5) is 25.5. The SMILES string of the molecule is COc1cc(OCCN2CCOCC2)ccc1Nc1ncc(Cl)c(Nc2cccc3c2C(=O)N(C)C3)n1. The molecule has 1 amide bonds. The summed E-state index contributed by atoms with van der Waals surface area (Å²) in [5.74, 6) is 1.96. The number of rotatable bonds is 9. The molecule has 37 heavy (non-hydrogen) atoms. The molecule has 5 rings (SSSR count). The molecule has 11 heteroatoms. The molecule has 1 saturated heterocycles. The number of hydrogen-bond donors (Lipinski definition) is 2. The molecule has 0 bridgehead atoms. The van der Waals surface area contributed by atoms with Crippen molar-refractivity contribution in [2.24, 2.45) is 0 Å². The van der Waals surface area contributed by atoms with E-state index in [2.05, 4.69) is 25.5 Å². The van der Waals surface area contributed by atoms with Crippen LogP contribution < -0.4 is 20.1 Å². The number of hydrogen-bond acceptors (Lipinski definition) is 9. The van der Waals surface area contributed by atoms with Crippen molar-refractivity contribution in [2.45, 2.75) is 6.54 Å². The number of halogens is 1. The molecule has 2 aliphatic heterocycles. The summed E-state index contributed by atoms with van der Waals surface area (Å²) < 4.78 is 16.9. The van der Waals surface area contributed by atoms with Gasteiger partial charge in [-0.2, -0.15) is 4.98 Å². The van der Waals surface area contributed by atoms with Gasteiger partial charge in [-0.1, -0.05) is 23.7 Å². The summed E-state index contributed by atoms with van der Waals surface area (Å²) in [6.07, 6.45) is 1.51. The highest BCUT2D eigenvalue weighted by molar-refractivity contribution is 6.33. The van der Waals surface area contributed by atoms with Gasteiger partial charge in [0, 0.05) is 39.3 Å². The topological polar surface area (TPSA) is 101 Å². The smallest absolute Gasteiger partial charge is 0.256 e. The van der Waals surface area contributed by atoms with Gasteiger partial charge in [0.05, 0.1) is 43.5 Å². The summed E-state index contributed by atoms with van der Waals surface area (Å²) in [6.45, 7) is 5.36. The minimum atomic E-state index is -0.0429. The van der Waals surface area contributed by atoms with Crippen molar-refractivity contribution in [3.63, 3.8) is 0 Å². The number of carbonyl (C=O) groups excluding carboxylic acids is 1. The van der Waals surface area contributed by atoms with Crippen LogP contribution in [0.2, 0.25) is 5.02 Å². The zero-order chi connectivity index (χ0) is 25.8. The predicted octanol–water partition coefficient (Wildman–Crippen LogP) is 3.92. The number of carbonyl (C=O) groups is 1. The molecule has 3 aromatic rings. The Kier molecular flexibility index (Phi) is 7.59. The number of benzene rings is 2. The molecule has 1 aromatic heterocycles. The fourth-order valence-electron chi connectivity index (χ4n) is 4.35. The average molecular weight is 525 g/mol. The van der Waals surface area contributed by atoms with Crippen LogP contribution in [0.5, 0.6) is 11.5 Å². The van der Waals surface area contributed by atoms with Crippen molar-refractivity contribution < 1.29 is 19.0 Å². The van der Waals surface area contributed by atoms with E-state index in [9.17, 15) is 4.79 Å². The lowest BCUT2D eigenvalue weighted by Crippen LogP contribution is -2.38. The lowest BCUT2D eigenvalue weighted by atomic mass is 10.1. The number of methoxy groups -OCH3 is 1. The lowest BCUT2D eigenvalue weighted by molar-refractivity contribution is 0.0322. The van der Waals surface area contributed by atoms with Crippen LogP contribution in [-0.2, 0) is 11.3 Å². The molecule has 2 N–H and O–H groups in total. The van der Waals surface area contributed by atoms with Crippen LogP contribution in [0.15, 0.2) is 42.6 Å². The molecule has 0 spiro atoms. The fraction of sp³-hybridized carbons (Fsp3) is 0.346. The molecule has 3 heterocycles. The average Bonchev–Trinajstić information content (AvgIpc) is 3.21. The third-order valence-electron chi connectivity index (χ3n) is 6.32. The van der Waals surface area contributed by atoms with Gasteiger partial charge >= 0.3 is 0 Å². The Labute approximate surface area is 220 Å². The number of anilines is 4. The molecular formula is C26H29ClN6O4. The second-order valence-electron chi connectivity index (χ2n) is 8.81. The second kappa shape index (κ2) is 11.2. The Hall–Kier alpha value is -3.60. The van der Waals surface area contributed by atoms with Gasteiger partial charge in [0.25, 0.3) is 5.91 Å². The number of amides is 1. The summed E-state index contributed by atoms with van der Waals surface area (Å²) in [5, 5.41) is 6.72. The summed E-state index contributed by atoms with van der Waals surface area (Å²) in [5.41, 5.74) is 2.90. The summed E-state index contributed by atoms with van der Waals surface area (Å²) >= 11 is 6.39. The zero-order valence-corrected chi connectivity index (χ0v) is 21.5. The first-order valence-electron chi connectivity index (χ1n) is 12.1. The van der Waals surface area contributed by atoms with Gasteiger partial charge in [0.2, 0.25) is 5.95 Å². The molecule has 0 unspecified atom stereocenters. The molecule has 0 atom stereocenters. The van der Waals surface area contributed by atoms with Crippen LogP contribution in [0.4, 0.5) is 23.1 Å². The van der Waals surface area contributed by atoms with Crippen LogP contribution in [0.25, 0.3) is 0 Å². The van der Waals surface area contributed by atoms with Gasteiger partial charge in [0.15, 0.2) is 5.82 Å². The van der Waals surface area contributed by atoms with Gasteiger partial charge in [0.1, 0.15) is 23.1 Å². The van der Waals surface area contributed by atoms with E-state index in [4.69, 9.17) is 25.8 Å². The monoisotopic (exact) mass is 524 g/mol.